The van der Waals surface area contributed by atoms with Gasteiger partial charge in [0.2, 0.25) is 0 Å². The van der Waals surface area contributed by atoms with Crippen LogP contribution in [-0.2, 0) is 0 Å². The molecule has 1 aliphatic rings. The molecule has 0 amide bonds. The highest BCUT2D eigenvalue weighted by molar-refractivity contribution is 5.36. The Kier molecular flexibility index (Phi) is 8.93. The summed E-state index contributed by atoms with van der Waals surface area (Å²) in [6.45, 7) is 13.3. The van der Waals surface area contributed by atoms with Gasteiger partial charge in [0.25, 0.3) is 0 Å². The highest BCUT2D eigenvalue weighted by Gasteiger charge is 2.21. The summed E-state index contributed by atoms with van der Waals surface area (Å²) in [7, 11) is 0. The molecule has 0 bridgehead atoms. The Morgan fingerprint density at radius 2 is 1.06 bits per heavy atom. The Labute approximate surface area is 192 Å². The van der Waals surface area contributed by atoms with Crippen molar-refractivity contribution in [2.45, 2.75) is 39.9 Å². The van der Waals surface area contributed by atoms with Gasteiger partial charge in [-0.3, -0.25) is 9.80 Å². The molecule has 1 fully saturated rings. The fraction of sp³-hybridized carbons (Fsp3) is 0.538. The predicted molar refractivity (Wildman–Crippen MR) is 128 cm³/mol. The van der Waals surface area contributed by atoms with Crippen molar-refractivity contribution in [3.63, 3.8) is 0 Å². The first-order valence-electron chi connectivity index (χ1n) is 11.5. The first kappa shape index (κ1) is 24.5. The van der Waals surface area contributed by atoms with E-state index in [0.717, 1.165) is 59.9 Å². The van der Waals surface area contributed by atoms with E-state index in [1.165, 1.54) is 0 Å². The summed E-state index contributed by atoms with van der Waals surface area (Å²) in [6, 6.07) is 12.2. The van der Waals surface area contributed by atoms with Crippen LogP contribution in [-0.4, -0.2) is 84.7 Å². The van der Waals surface area contributed by atoms with Crippen molar-refractivity contribution >= 4 is 0 Å². The van der Waals surface area contributed by atoms with Gasteiger partial charge in [-0.1, -0.05) is 24.3 Å². The predicted octanol–water partition coefficient (Wildman–Crippen LogP) is 2.72. The van der Waals surface area contributed by atoms with Gasteiger partial charge in [-0.2, -0.15) is 0 Å². The van der Waals surface area contributed by atoms with Crippen LogP contribution in [0, 0.1) is 27.7 Å². The molecule has 1 heterocycles. The average Bonchev–Trinajstić information content (AvgIpc) is 2.76. The number of benzene rings is 2. The van der Waals surface area contributed by atoms with Gasteiger partial charge in [-0.15, -0.1) is 0 Å². The van der Waals surface area contributed by atoms with Crippen molar-refractivity contribution in [2.75, 3.05) is 52.5 Å². The van der Waals surface area contributed by atoms with Gasteiger partial charge < -0.3 is 19.7 Å². The van der Waals surface area contributed by atoms with Crippen LogP contribution in [0.3, 0.4) is 0 Å². The fourth-order valence-corrected chi connectivity index (χ4v) is 3.95. The van der Waals surface area contributed by atoms with Crippen molar-refractivity contribution in [1.82, 2.24) is 9.80 Å². The smallest absolute Gasteiger partial charge is 0.122 e. The van der Waals surface area contributed by atoms with Crippen LogP contribution < -0.4 is 9.47 Å². The van der Waals surface area contributed by atoms with Crippen LogP contribution in [0.5, 0.6) is 11.5 Å². The molecule has 0 radical (unpaired) electrons. The molecule has 32 heavy (non-hydrogen) atoms. The topological polar surface area (TPSA) is 65.4 Å². The van der Waals surface area contributed by atoms with Gasteiger partial charge in [0, 0.05) is 39.3 Å². The van der Waals surface area contributed by atoms with Gasteiger partial charge in [0.15, 0.2) is 0 Å². The summed E-state index contributed by atoms with van der Waals surface area (Å²) < 4.78 is 11.7. The average molecular weight is 443 g/mol. The van der Waals surface area contributed by atoms with Crippen LogP contribution >= 0.6 is 0 Å². The molecule has 1 aliphatic heterocycles. The third kappa shape index (κ3) is 7.48. The molecule has 6 heteroatoms. The van der Waals surface area contributed by atoms with Crippen LogP contribution in [0.25, 0.3) is 0 Å². The highest BCUT2D eigenvalue weighted by Crippen LogP contribution is 2.20. The minimum absolute atomic E-state index is 0.291. The number of rotatable bonds is 10. The third-order valence-electron chi connectivity index (χ3n) is 5.95. The zero-order valence-electron chi connectivity index (χ0n) is 19.9. The van der Waals surface area contributed by atoms with Crippen molar-refractivity contribution in [3.8, 4) is 11.5 Å². The summed E-state index contributed by atoms with van der Waals surface area (Å²) >= 11 is 0. The van der Waals surface area contributed by atoms with E-state index in [0.29, 0.717) is 26.3 Å². The number of nitrogens with zero attached hydrogens (tertiary/aromatic N) is 2. The van der Waals surface area contributed by atoms with Crippen molar-refractivity contribution in [3.05, 3.63) is 58.7 Å². The standard InChI is InChI=1S/C26H38N2O4/c1-19-5-7-21(3)25(13-19)31-17-23(29)15-27-9-11-28(12-10-27)16-24(30)18-32-26-14-20(2)6-8-22(26)4/h5-8,13-14,23-24,29-30H,9-12,15-18H2,1-4H3/t23-,24+. The van der Waals surface area contributed by atoms with E-state index in [1.807, 2.05) is 52.0 Å². The lowest BCUT2D eigenvalue weighted by Crippen LogP contribution is -2.51. The van der Waals surface area contributed by atoms with Crippen molar-refractivity contribution < 1.29 is 19.7 Å². The maximum absolute atomic E-state index is 10.4. The fourth-order valence-electron chi connectivity index (χ4n) is 3.95. The number of aryl methyl sites for hydroxylation is 4. The number of piperazine rings is 1. The number of β-amino-alcohol motifs (C(OH)–C–C–N with tert-alkyl or cyclic N) is 2. The second-order valence-corrected chi connectivity index (χ2v) is 9.07. The number of hydrogen-bond donors (Lipinski definition) is 2. The second-order valence-electron chi connectivity index (χ2n) is 9.07. The quantitative estimate of drug-likeness (QED) is 0.590. The van der Waals surface area contributed by atoms with E-state index in [4.69, 9.17) is 9.47 Å². The monoisotopic (exact) mass is 442 g/mol. The molecule has 2 aromatic carbocycles. The molecule has 2 N–H and O–H groups in total. The molecule has 3 rings (SSSR count). The number of aliphatic hydroxyl groups excluding tert-OH is 2. The summed E-state index contributed by atoms with van der Waals surface area (Å²) in [5.74, 6) is 1.68. The normalized spacial score (nSPS) is 17.2. The molecule has 1 saturated heterocycles. The maximum Gasteiger partial charge on any atom is 0.122 e. The Morgan fingerprint density at radius 3 is 1.44 bits per heavy atom. The Bertz CT molecular complexity index is 793. The summed E-state index contributed by atoms with van der Waals surface area (Å²) in [6.07, 6.45) is -1.06. The van der Waals surface area contributed by atoms with E-state index in [1.54, 1.807) is 0 Å². The summed E-state index contributed by atoms with van der Waals surface area (Å²) in [5, 5.41) is 20.8. The molecular formula is C26H38N2O4. The minimum atomic E-state index is -0.530. The SMILES string of the molecule is Cc1ccc(C)c(OC[C@@H](O)CN2CCN(C[C@@H](O)COc3cc(C)ccc3C)CC2)c1. The van der Waals surface area contributed by atoms with Crippen molar-refractivity contribution in [2.24, 2.45) is 0 Å². The first-order valence-corrected chi connectivity index (χ1v) is 11.5. The summed E-state index contributed by atoms with van der Waals surface area (Å²) in [4.78, 5) is 4.51. The van der Waals surface area contributed by atoms with E-state index in [9.17, 15) is 10.2 Å². The van der Waals surface area contributed by atoms with Crippen LogP contribution in [0.2, 0.25) is 0 Å². The molecule has 0 aliphatic carbocycles. The first-order chi connectivity index (χ1) is 15.3. The maximum atomic E-state index is 10.4. The zero-order valence-corrected chi connectivity index (χ0v) is 19.9. The van der Waals surface area contributed by atoms with Crippen LogP contribution in [0.15, 0.2) is 36.4 Å². The van der Waals surface area contributed by atoms with E-state index in [-0.39, 0.29) is 0 Å². The van der Waals surface area contributed by atoms with Gasteiger partial charge in [0.1, 0.15) is 36.9 Å². The second kappa shape index (κ2) is 11.7. The molecule has 176 valence electrons. The molecule has 0 spiro atoms. The van der Waals surface area contributed by atoms with Gasteiger partial charge >= 0.3 is 0 Å². The summed E-state index contributed by atoms with van der Waals surface area (Å²) in [5.41, 5.74) is 4.46. The zero-order chi connectivity index (χ0) is 23.1. The van der Waals surface area contributed by atoms with E-state index >= 15 is 0 Å². The van der Waals surface area contributed by atoms with Gasteiger partial charge in [-0.25, -0.2) is 0 Å². The van der Waals surface area contributed by atoms with Crippen LogP contribution in [0.4, 0.5) is 0 Å². The van der Waals surface area contributed by atoms with Crippen molar-refractivity contribution in [1.29, 1.82) is 0 Å². The largest absolute Gasteiger partial charge is 0.491 e. The Hall–Kier alpha value is -2.12. The molecule has 0 unspecified atom stereocenters. The molecule has 2 aromatic rings. The Balaban J connectivity index is 1.34. The molecular weight excluding hydrogens is 404 g/mol. The number of aliphatic hydroxyl groups is 2. The lowest BCUT2D eigenvalue weighted by Gasteiger charge is -2.36. The van der Waals surface area contributed by atoms with E-state index < -0.39 is 12.2 Å². The van der Waals surface area contributed by atoms with E-state index in [2.05, 4.69) is 21.9 Å². The molecule has 0 aromatic heterocycles. The highest BCUT2D eigenvalue weighted by atomic mass is 16.5. The third-order valence-corrected chi connectivity index (χ3v) is 5.95. The molecule has 0 saturated carbocycles. The molecule has 2 atom stereocenters. The lowest BCUT2D eigenvalue weighted by molar-refractivity contribution is 0.0239. The van der Waals surface area contributed by atoms with Gasteiger partial charge in [0.05, 0.1) is 0 Å². The number of hydrogen-bond acceptors (Lipinski definition) is 6. The van der Waals surface area contributed by atoms with Crippen LogP contribution in [0.1, 0.15) is 22.3 Å². The molecule has 6 nitrogen and oxygen atoms in total. The van der Waals surface area contributed by atoms with Gasteiger partial charge in [-0.05, 0) is 62.1 Å². The minimum Gasteiger partial charge on any atom is -0.491 e. The Morgan fingerprint density at radius 1 is 0.688 bits per heavy atom. The number of ether oxygens (including phenoxy) is 2. The lowest BCUT2D eigenvalue weighted by atomic mass is 10.1.